The van der Waals surface area contributed by atoms with Gasteiger partial charge in [0, 0.05) is 6.20 Å². The molecule has 3 N–H and O–H groups in total. The Morgan fingerprint density at radius 3 is 2.57 bits per heavy atom. The number of nitrogens with zero attached hydrogens (tertiary/aromatic N) is 1. The van der Waals surface area contributed by atoms with Crippen LogP contribution in [0.3, 0.4) is 0 Å². The molecule has 0 bridgehead atoms. The minimum Gasteiger partial charge on any atom is -0.479 e. The highest BCUT2D eigenvalue weighted by molar-refractivity contribution is 7.67. The van der Waals surface area contributed by atoms with Crippen LogP contribution in [0.1, 0.15) is 0 Å². The number of hydrogen-bond donors (Lipinski definition) is 3. The minimum absolute atomic E-state index is 0.324. The predicted octanol–water partition coefficient (Wildman–Crippen LogP) is -0.620. The van der Waals surface area contributed by atoms with E-state index in [1.807, 2.05) is 0 Å². The number of hydrogen-bond acceptors (Lipinski definition) is 4. The molecule has 76 valence electrons. The van der Waals surface area contributed by atoms with Crippen LogP contribution in [0.4, 0.5) is 0 Å². The SMILES string of the molecule is O=C(O)C(O)P(=O)(O)c1ccccn1. The summed E-state index contributed by atoms with van der Waals surface area (Å²) in [7, 11) is -4.35. The van der Waals surface area contributed by atoms with Crippen molar-refractivity contribution in [3.8, 4) is 0 Å². The molecule has 1 heterocycles. The van der Waals surface area contributed by atoms with Crippen molar-refractivity contribution in [2.45, 2.75) is 5.85 Å². The Hall–Kier alpha value is -1.23. The lowest BCUT2D eigenvalue weighted by molar-refractivity contribution is -0.142. The van der Waals surface area contributed by atoms with E-state index in [1.165, 1.54) is 24.4 Å². The fourth-order valence-corrected chi connectivity index (χ4v) is 1.90. The number of aliphatic hydroxyl groups excluding tert-OH is 1. The molecule has 2 unspecified atom stereocenters. The summed E-state index contributed by atoms with van der Waals surface area (Å²) in [6, 6.07) is 4.13. The third-order valence-electron chi connectivity index (χ3n) is 1.53. The average Bonchev–Trinajstić information content (AvgIpc) is 2.18. The molecule has 0 saturated carbocycles. The summed E-state index contributed by atoms with van der Waals surface area (Å²) in [4.78, 5) is 23.1. The number of aliphatic hydroxyl groups is 1. The highest BCUT2D eigenvalue weighted by Crippen LogP contribution is 2.42. The van der Waals surface area contributed by atoms with E-state index in [4.69, 9.17) is 10.2 Å². The zero-order valence-electron chi connectivity index (χ0n) is 6.94. The van der Waals surface area contributed by atoms with Crippen molar-refractivity contribution < 1.29 is 24.5 Å². The molecule has 0 radical (unpaired) electrons. The largest absolute Gasteiger partial charge is 0.479 e. The first-order valence-electron chi connectivity index (χ1n) is 3.61. The van der Waals surface area contributed by atoms with Crippen LogP contribution >= 0.6 is 7.37 Å². The summed E-state index contributed by atoms with van der Waals surface area (Å²) in [5.74, 6) is -4.08. The second-order valence-corrected chi connectivity index (χ2v) is 4.72. The Balaban J connectivity index is 3.09. The number of rotatable bonds is 3. The molecule has 2 atom stereocenters. The Bertz CT molecular complexity index is 379. The second-order valence-electron chi connectivity index (χ2n) is 2.52. The number of carboxylic acids is 1. The van der Waals surface area contributed by atoms with Gasteiger partial charge in [-0.05, 0) is 12.1 Å². The van der Waals surface area contributed by atoms with Crippen LogP contribution in [0, 0.1) is 0 Å². The van der Waals surface area contributed by atoms with Crippen LogP contribution in [0.5, 0.6) is 0 Å². The Kier molecular flexibility index (Phi) is 3.00. The molecule has 0 saturated heterocycles. The molecule has 0 aromatic carbocycles. The van der Waals surface area contributed by atoms with Crippen molar-refractivity contribution in [1.29, 1.82) is 0 Å². The van der Waals surface area contributed by atoms with Crippen molar-refractivity contribution in [2.24, 2.45) is 0 Å². The third kappa shape index (κ3) is 1.98. The number of aromatic nitrogens is 1. The Labute approximate surface area is 79.3 Å². The highest BCUT2D eigenvalue weighted by Gasteiger charge is 2.38. The minimum atomic E-state index is -4.35. The molecule has 7 heteroatoms. The summed E-state index contributed by atoms with van der Waals surface area (Å²) >= 11 is 0. The number of aliphatic carboxylic acids is 1. The molecule has 0 aliphatic carbocycles. The zero-order valence-corrected chi connectivity index (χ0v) is 7.83. The standard InChI is InChI=1S/C7H8NO5P/c9-6(10)7(11)14(12,13)5-3-1-2-4-8-5/h1-4,7,11H,(H,9,10)(H,12,13). The van der Waals surface area contributed by atoms with Gasteiger partial charge >= 0.3 is 5.97 Å². The summed E-state index contributed by atoms with van der Waals surface area (Å²) in [6.45, 7) is 0. The second kappa shape index (κ2) is 3.88. The van der Waals surface area contributed by atoms with Gasteiger partial charge in [0.15, 0.2) is 0 Å². The maximum Gasteiger partial charge on any atom is 0.343 e. The summed E-state index contributed by atoms with van der Waals surface area (Å²) in [5, 5.41) is 17.3. The lowest BCUT2D eigenvalue weighted by Gasteiger charge is -2.13. The first kappa shape index (κ1) is 10.8. The van der Waals surface area contributed by atoms with E-state index in [1.54, 1.807) is 0 Å². The van der Waals surface area contributed by atoms with Crippen LogP contribution in [0.15, 0.2) is 24.4 Å². The molecule has 14 heavy (non-hydrogen) atoms. The van der Waals surface area contributed by atoms with E-state index in [0.29, 0.717) is 0 Å². The molecular formula is C7H8NO5P. The van der Waals surface area contributed by atoms with Gasteiger partial charge in [-0.15, -0.1) is 0 Å². The molecule has 1 aromatic heterocycles. The monoisotopic (exact) mass is 217 g/mol. The van der Waals surface area contributed by atoms with Gasteiger partial charge in [0.2, 0.25) is 5.85 Å². The molecular weight excluding hydrogens is 209 g/mol. The molecule has 1 rings (SSSR count). The molecule has 0 amide bonds. The van der Waals surface area contributed by atoms with Gasteiger partial charge in [0.1, 0.15) is 5.44 Å². The van der Waals surface area contributed by atoms with Gasteiger partial charge in [0.05, 0.1) is 0 Å². The maximum atomic E-state index is 11.4. The molecule has 0 fully saturated rings. The number of carbonyl (C=O) groups is 1. The van der Waals surface area contributed by atoms with Crippen molar-refractivity contribution in [1.82, 2.24) is 4.98 Å². The first-order chi connectivity index (χ1) is 6.46. The summed E-state index contributed by atoms with van der Waals surface area (Å²) in [6.07, 6.45) is 1.24. The van der Waals surface area contributed by atoms with Crippen LogP contribution in [-0.4, -0.2) is 31.9 Å². The fourth-order valence-electron chi connectivity index (χ4n) is 0.818. The number of carboxylic acid groups (broad SMARTS) is 1. The fraction of sp³-hybridized carbons (Fsp3) is 0.143. The van der Waals surface area contributed by atoms with Crippen molar-refractivity contribution in [3.63, 3.8) is 0 Å². The topological polar surface area (TPSA) is 108 Å². The van der Waals surface area contributed by atoms with Gasteiger partial charge in [-0.3, -0.25) is 9.55 Å². The van der Waals surface area contributed by atoms with Gasteiger partial charge < -0.3 is 15.1 Å². The van der Waals surface area contributed by atoms with E-state index in [2.05, 4.69) is 4.98 Å². The van der Waals surface area contributed by atoms with Crippen molar-refractivity contribution >= 4 is 18.8 Å². The smallest absolute Gasteiger partial charge is 0.343 e. The lowest BCUT2D eigenvalue weighted by Crippen LogP contribution is -2.26. The van der Waals surface area contributed by atoms with Crippen LogP contribution in [0.2, 0.25) is 0 Å². The molecule has 0 spiro atoms. The predicted molar refractivity (Wildman–Crippen MR) is 47.3 cm³/mol. The van der Waals surface area contributed by atoms with Gasteiger partial charge in [-0.1, -0.05) is 6.07 Å². The molecule has 1 aromatic rings. The van der Waals surface area contributed by atoms with Gasteiger partial charge in [0.25, 0.3) is 7.37 Å². The highest BCUT2D eigenvalue weighted by atomic mass is 31.2. The third-order valence-corrected chi connectivity index (χ3v) is 3.33. The van der Waals surface area contributed by atoms with Gasteiger partial charge in [-0.25, -0.2) is 4.79 Å². The molecule has 0 aliphatic rings. The maximum absolute atomic E-state index is 11.4. The quantitative estimate of drug-likeness (QED) is 0.582. The normalized spacial score (nSPS) is 17.0. The zero-order chi connectivity index (χ0) is 10.8. The summed E-state index contributed by atoms with van der Waals surface area (Å²) < 4.78 is 11.4. The van der Waals surface area contributed by atoms with E-state index >= 15 is 0 Å². The van der Waals surface area contributed by atoms with E-state index in [9.17, 15) is 14.3 Å². The van der Waals surface area contributed by atoms with Gasteiger partial charge in [-0.2, -0.15) is 0 Å². The van der Waals surface area contributed by atoms with Crippen molar-refractivity contribution in [2.75, 3.05) is 0 Å². The van der Waals surface area contributed by atoms with E-state index in [0.717, 1.165) is 0 Å². The average molecular weight is 217 g/mol. The molecule has 6 nitrogen and oxygen atoms in total. The first-order valence-corrected chi connectivity index (χ1v) is 5.34. The van der Waals surface area contributed by atoms with Crippen LogP contribution < -0.4 is 5.44 Å². The number of pyridine rings is 1. The lowest BCUT2D eigenvalue weighted by atomic mass is 10.5. The van der Waals surface area contributed by atoms with Crippen molar-refractivity contribution in [3.05, 3.63) is 24.4 Å². The van der Waals surface area contributed by atoms with Crippen LogP contribution in [-0.2, 0) is 9.36 Å². The Morgan fingerprint density at radius 2 is 2.14 bits per heavy atom. The summed E-state index contributed by atoms with van der Waals surface area (Å²) in [5.41, 5.74) is -0.324. The van der Waals surface area contributed by atoms with E-state index in [-0.39, 0.29) is 5.44 Å². The van der Waals surface area contributed by atoms with E-state index < -0.39 is 19.2 Å². The Morgan fingerprint density at radius 1 is 1.50 bits per heavy atom. The molecule has 0 aliphatic heterocycles. The van der Waals surface area contributed by atoms with Crippen LogP contribution in [0.25, 0.3) is 0 Å².